The molecule has 0 aromatic heterocycles. The van der Waals surface area contributed by atoms with Crippen LogP contribution in [0.3, 0.4) is 0 Å². The third-order valence-electron chi connectivity index (χ3n) is 4.15. The van der Waals surface area contributed by atoms with E-state index in [4.69, 9.17) is 9.47 Å². The van der Waals surface area contributed by atoms with E-state index in [0.717, 1.165) is 0 Å². The highest BCUT2D eigenvalue weighted by Crippen LogP contribution is 2.14. The van der Waals surface area contributed by atoms with E-state index in [9.17, 15) is 16.8 Å². The average Bonchev–Trinajstić information content (AvgIpc) is 2.50. The van der Waals surface area contributed by atoms with Gasteiger partial charge in [0.05, 0.1) is 24.4 Å². The first-order valence-electron chi connectivity index (χ1n) is 8.80. The fourth-order valence-electron chi connectivity index (χ4n) is 3.20. The third-order valence-corrected chi connectivity index (χ3v) is 7.24. The Morgan fingerprint density at radius 1 is 0.692 bits per heavy atom. The molecule has 26 heavy (non-hydrogen) atoms. The summed E-state index contributed by atoms with van der Waals surface area (Å²) in [6, 6.07) is 0. The largest absolute Gasteiger partial charge is 0.373 e. The first kappa shape index (κ1) is 22.0. The molecule has 0 aliphatic carbocycles. The van der Waals surface area contributed by atoms with Gasteiger partial charge in [0.1, 0.15) is 0 Å². The van der Waals surface area contributed by atoms with Crippen LogP contribution in [0.2, 0.25) is 0 Å². The van der Waals surface area contributed by atoms with Gasteiger partial charge in [-0.25, -0.2) is 9.44 Å². The molecule has 0 amide bonds. The molecule has 2 N–H and O–H groups in total. The SMILES string of the molecule is C[C@@H]1CN(S(=O)(=O)NCCNS(=O)(=O)N2C[C@@H](C)O[C@@H](C)C2)C[C@@H](C)O1. The van der Waals surface area contributed by atoms with Gasteiger partial charge in [0.2, 0.25) is 0 Å². The summed E-state index contributed by atoms with van der Waals surface area (Å²) in [7, 11) is -7.35. The van der Waals surface area contributed by atoms with Crippen molar-refractivity contribution in [3.05, 3.63) is 0 Å². The summed E-state index contributed by atoms with van der Waals surface area (Å²) in [5.41, 5.74) is 0. The van der Waals surface area contributed by atoms with Gasteiger partial charge in [-0.1, -0.05) is 0 Å². The van der Waals surface area contributed by atoms with Crippen molar-refractivity contribution < 1.29 is 26.3 Å². The van der Waals surface area contributed by atoms with Crippen LogP contribution < -0.4 is 9.44 Å². The predicted octanol–water partition coefficient (Wildman–Crippen LogP) is -1.13. The van der Waals surface area contributed by atoms with Gasteiger partial charge in [-0.15, -0.1) is 0 Å². The van der Waals surface area contributed by atoms with Gasteiger partial charge >= 0.3 is 0 Å². The lowest BCUT2D eigenvalue weighted by Crippen LogP contribution is -2.54. The molecule has 12 heteroatoms. The molecule has 0 radical (unpaired) electrons. The maximum absolute atomic E-state index is 12.3. The summed E-state index contributed by atoms with van der Waals surface area (Å²) in [4.78, 5) is 0. The van der Waals surface area contributed by atoms with E-state index in [0.29, 0.717) is 0 Å². The molecule has 10 nitrogen and oxygen atoms in total. The van der Waals surface area contributed by atoms with Gasteiger partial charge in [0.15, 0.2) is 0 Å². The zero-order valence-corrected chi connectivity index (χ0v) is 17.3. The van der Waals surface area contributed by atoms with Crippen molar-refractivity contribution in [1.82, 2.24) is 18.1 Å². The smallest absolute Gasteiger partial charge is 0.279 e. The number of rotatable bonds is 7. The Bertz CT molecular complexity index is 593. The monoisotopic (exact) mass is 414 g/mol. The van der Waals surface area contributed by atoms with Crippen molar-refractivity contribution in [2.24, 2.45) is 0 Å². The average molecular weight is 415 g/mol. The topological polar surface area (TPSA) is 117 Å². The van der Waals surface area contributed by atoms with E-state index in [-0.39, 0.29) is 63.7 Å². The van der Waals surface area contributed by atoms with Crippen molar-refractivity contribution in [2.75, 3.05) is 39.3 Å². The summed E-state index contributed by atoms with van der Waals surface area (Å²) in [6.45, 7) is 8.29. The van der Waals surface area contributed by atoms with Gasteiger partial charge < -0.3 is 9.47 Å². The summed E-state index contributed by atoms with van der Waals surface area (Å²) >= 11 is 0. The van der Waals surface area contributed by atoms with Crippen LogP contribution in [0.4, 0.5) is 0 Å². The lowest BCUT2D eigenvalue weighted by Gasteiger charge is -2.35. The van der Waals surface area contributed by atoms with Crippen LogP contribution >= 0.6 is 0 Å². The Hall–Kier alpha value is -0.340. The fourth-order valence-corrected chi connectivity index (χ4v) is 5.91. The fraction of sp³-hybridized carbons (Fsp3) is 1.00. The zero-order valence-electron chi connectivity index (χ0n) is 15.7. The molecule has 2 saturated heterocycles. The van der Waals surface area contributed by atoms with Gasteiger partial charge in [0, 0.05) is 39.3 Å². The number of hydrogen-bond acceptors (Lipinski definition) is 6. The molecule has 0 aromatic rings. The van der Waals surface area contributed by atoms with Gasteiger partial charge in [-0.3, -0.25) is 0 Å². The van der Waals surface area contributed by atoms with E-state index in [1.165, 1.54) is 8.61 Å². The standard InChI is InChI=1S/C14H30N4O6S2/c1-11-7-17(8-12(2)23-11)25(19,20)15-5-6-16-26(21,22)18-9-13(3)24-14(4)10-18/h11-16H,5-10H2,1-4H3/t11-,12-,13-,14+/m1/s1. The zero-order chi connectivity index (χ0) is 19.5. The second kappa shape index (κ2) is 8.78. The van der Waals surface area contributed by atoms with Crippen LogP contribution in [0.15, 0.2) is 0 Å². The Balaban J connectivity index is 1.81. The second-order valence-corrected chi connectivity index (χ2v) is 10.5. The molecule has 2 aliphatic rings. The van der Waals surface area contributed by atoms with Crippen LogP contribution in [0.1, 0.15) is 27.7 Å². The number of nitrogens with one attached hydrogen (secondary N) is 2. The molecule has 2 fully saturated rings. The van der Waals surface area contributed by atoms with Crippen molar-refractivity contribution in [3.63, 3.8) is 0 Å². The van der Waals surface area contributed by atoms with Crippen LogP contribution in [0.25, 0.3) is 0 Å². The first-order chi connectivity index (χ1) is 12.0. The molecule has 0 unspecified atom stereocenters. The molecule has 0 aromatic carbocycles. The Morgan fingerprint density at radius 3 is 1.23 bits per heavy atom. The lowest BCUT2D eigenvalue weighted by atomic mass is 10.3. The minimum atomic E-state index is -3.67. The van der Waals surface area contributed by atoms with Crippen molar-refractivity contribution in [1.29, 1.82) is 0 Å². The summed E-state index contributed by atoms with van der Waals surface area (Å²) in [5, 5.41) is 0. The molecule has 4 atom stereocenters. The minimum Gasteiger partial charge on any atom is -0.373 e. The molecule has 2 heterocycles. The van der Waals surface area contributed by atoms with Crippen LogP contribution in [0, 0.1) is 0 Å². The van der Waals surface area contributed by atoms with Gasteiger partial charge in [0.25, 0.3) is 20.4 Å². The highest BCUT2D eigenvalue weighted by molar-refractivity contribution is 7.87. The van der Waals surface area contributed by atoms with E-state index >= 15 is 0 Å². The molecule has 0 bridgehead atoms. The number of nitrogens with zero attached hydrogens (tertiary/aromatic N) is 2. The molecule has 0 spiro atoms. The maximum atomic E-state index is 12.3. The molecule has 2 rings (SSSR count). The Labute approximate surface area is 156 Å². The maximum Gasteiger partial charge on any atom is 0.279 e. The van der Waals surface area contributed by atoms with Crippen LogP contribution in [0.5, 0.6) is 0 Å². The highest BCUT2D eigenvalue weighted by Gasteiger charge is 2.32. The molecule has 154 valence electrons. The number of morpholine rings is 2. The quantitative estimate of drug-likeness (QED) is 0.509. The Morgan fingerprint density at radius 2 is 0.962 bits per heavy atom. The van der Waals surface area contributed by atoms with Crippen LogP contribution in [-0.4, -0.2) is 89.1 Å². The van der Waals surface area contributed by atoms with Crippen molar-refractivity contribution in [3.8, 4) is 0 Å². The normalized spacial score (nSPS) is 32.6. The molecule has 0 saturated carbocycles. The van der Waals surface area contributed by atoms with E-state index in [1.54, 1.807) is 0 Å². The van der Waals surface area contributed by atoms with E-state index in [2.05, 4.69) is 9.44 Å². The van der Waals surface area contributed by atoms with E-state index in [1.807, 2.05) is 27.7 Å². The number of hydrogen-bond donors (Lipinski definition) is 2. The molecular formula is C14H30N4O6S2. The summed E-state index contributed by atoms with van der Waals surface area (Å²) in [5.74, 6) is 0. The minimum absolute atomic E-state index is 0.0306. The summed E-state index contributed by atoms with van der Waals surface area (Å²) < 4.78 is 67.9. The predicted molar refractivity (Wildman–Crippen MR) is 97.0 cm³/mol. The molecular weight excluding hydrogens is 384 g/mol. The van der Waals surface area contributed by atoms with Crippen molar-refractivity contribution in [2.45, 2.75) is 52.1 Å². The lowest BCUT2D eigenvalue weighted by molar-refractivity contribution is -0.0446. The van der Waals surface area contributed by atoms with Crippen molar-refractivity contribution >= 4 is 20.4 Å². The first-order valence-corrected chi connectivity index (χ1v) is 11.7. The molecule has 2 aliphatic heterocycles. The number of ether oxygens (including phenoxy) is 2. The summed E-state index contributed by atoms with van der Waals surface area (Å²) in [6.07, 6.45) is -0.725. The van der Waals surface area contributed by atoms with Crippen LogP contribution in [-0.2, 0) is 29.9 Å². The van der Waals surface area contributed by atoms with Gasteiger partial charge in [-0.2, -0.15) is 25.4 Å². The Kier molecular flexibility index (Phi) is 7.41. The highest BCUT2D eigenvalue weighted by atomic mass is 32.2. The third kappa shape index (κ3) is 6.09. The second-order valence-electron chi connectivity index (χ2n) is 6.95. The van der Waals surface area contributed by atoms with Gasteiger partial charge in [-0.05, 0) is 27.7 Å². The van der Waals surface area contributed by atoms with E-state index < -0.39 is 20.4 Å².